The number of hydrogen-bond donors (Lipinski definition) is 1. The molecular weight excluding hydrogens is 350 g/mol. The molecule has 1 aliphatic heterocycles. The summed E-state index contributed by atoms with van der Waals surface area (Å²) in [5.74, 6) is -0.710. The molecule has 4 heteroatoms. The standard InChI is InChI=1S/C24H31NO3/c1-2-19-10-12-21(13-11-19)24(20-7-4-3-5-8-20)28-22-14-17-25(18-15-22)16-6-9-23(26)27/h3-5,7-8,10-13,22,24H,2,6,9,14-18H2,1H3,(H,26,27). The summed E-state index contributed by atoms with van der Waals surface area (Å²) >= 11 is 0. The molecule has 1 saturated heterocycles. The van der Waals surface area contributed by atoms with E-state index in [0.717, 1.165) is 45.3 Å². The smallest absolute Gasteiger partial charge is 0.303 e. The molecule has 1 fully saturated rings. The fourth-order valence-corrected chi connectivity index (χ4v) is 3.82. The Morgan fingerprint density at radius 3 is 2.32 bits per heavy atom. The number of carboxylic acid groups (broad SMARTS) is 1. The number of nitrogens with zero attached hydrogens (tertiary/aromatic N) is 1. The van der Waals surface area contributed by atoms with Gasteiger partial charge < -0.3 is 14.7 Å². The molecule has 0 radical (unpaired) electrons. The van der Waals surface area contributed by atoms with Gasteiger partial charge in [-0.15, -0.1) is 0 Å². The van der Waals surface area contributed by atoms with Crippen molar-refractivity contribution in [2.24, 2.45) is 0 Å². The first-order valence-electron chi connectivity index (χ1n) is 10.4. The average Bonchev–Trinajstić information content (AvgIpc) is 2.73. The topological polar surface area (TPSA) is 49.8 Å². The van der Waals surface area contributed by atoms with Gasteiger partial charge in [0.1, 0.15) is 6.10 Å². The second-order valence-corrected chi connectivity index (χ2v) is 7.56. The lowest BCUT2D eigenvalue weighted by atomic mass is 9.98. The van der Waals surface area contributed by atoms with Gasteiger partial charge in [0.2, 0.25) is 0 Å². The number of ether oxygens (including phenoxy) is 1. The van der Waals surface area contributed by atoms with Crippen LogP contribution in [0.1, 0.15) is 55.4 Å². The van der Waals surface area contributed by atoms with Gasteiger partial charge in [0.25, 0.3) is 0 Å². The SMILES string of the molecule is CCc1ccc(C(OC2CCN(CCCC(=O)O)CC2)c2ccccc2)cc1. The summed E-state index contributed by atoms with van der Waals surface area (Å²) in [5.41, 5.74) is 3.73. The number of carboxylic acids is 1. The number of aliphatic carboxylic acids is 1. The van der Waals surface area contributed by atoms with Crippen LogP contribution in [0.15, 0.2) is 54.6 Å². The van der Waals surface area contributed by atoms with Gasteiger partial charge in [-0.3, -0.25) is 4.79 Å². The van der Waals surface area contributed by atoms with Gasteiger partial charge in [0, 0.05) is 19.5 Å². The summed E-state index contributed by atoms with van der Waals surface area (Å²) in [6.45, 7) is 4.98. The van der Waals surface area contributed by atoms with Crippen molar-refractivity contribution in [2.75, 3.05) is 19.6 Å². The zero-order valence-corrected chi connectivity index (χ0v) is 16.7. The van der Waals surface area contributed by atoms with Crippen molar-refractivity contribution in [2.45, 2.75) is 51.2 Å². The van der Waals surface area contributed by atoms with Crippen LogP contribution in [-0.2, 0) is 16.0 Å². The molecule has 28 heavy (non-hydrogen) atoms. The highest BCUT2D eigenvalue weighted by molar-refractivity contribution is 5.66. The highest BCUT2D eigenvalue weighted by Gasteiger charge is 2.24. The highest BCUT2D eigenvalue weighted by Crippen LogP contribution is 2.30. The molecule has 4 nitrogen and oxygen atoms in total. The molecule has 0 amide bonds. The van der Waals surface area contributed by atoms with E-state index >= 15 is 0 Å². The lowest BCUT2D eigenvalue weighted by Crippen LogP contribution is -2.38. The molecule has 0 aromatic heterocycles. The number of carbonyl (C=O) groups is 1. The third-order valence-corrected chi connectivity index (χ3v) is 5.52. The van der Waals surface area contributed by atoms with Crippen molar-refractivity contribution in [3.05, 3.63) is 71.3 Å². The van der Waals surface area contributed by atoms with E-state index in [0.29, 0.717) is 0 Å². The number of benzene rings is 2. The van der Waals surface area contributed by atoms with Crippen molar-refractivity contribution in [3.63, 3.8) is 0 Å². The molecule has 0 saturated carbocycles. The summed E-state index contributed by atoms with van der Waals surface area (Å²) in [6, 6.07) is 19.2. The first-order chi connectivity index (χ1) is 13.7. The van der Waals surface area contributed by atoms with E-state index in [1.165, 1.54) is 16.7 Å². The number of likely N-dealkylation sites (tertiary alicyclic amines) is 1. The van der Waals surface area contributed by atoms with Crippen molar-refractivity contribution < 1.29 is 14.6 Å². The van der Waals surface area contributed by atoms with Crippen LogP contribution in [0.4, 0.5) is 0 Å². The Balaban J connectivity index is 1.62. The van der Waals surface area contributed by atoms with Crippen LogP contribution in [-0.4, -0.2) is 41.7 Å². The highest BCUT2D eigenvalue weighted by atomic mass is 16.5. The number of rotatable bonds is 9. The zero-order valence-electron chi connectivity index (χ0n) is 16.7. The van der Waals surface area contributed by atoms with E-state index in [1.807, 2.05) is 6.07 Å². The van der Waals surface area contributed by atoms with E-state index in [2.05, 4.69) is 60.4 Å². The van der Waals surface area contributed by atoms with Crippen LogP contribution in [0.2, 0.25) is 0 Å². The molecule has 3 rings (SSSR count). The molecule has 1 N–H and O–H groups in total. The van der Waals surface area contributed by atoms with Crippen molar-refractivity contribution in [1.29, 1.82) is 0 Å². The van der Waals surface area contributed by atoms with E-state index in [-0.39, 0.29) is 18.6 Å². The summed E-state index contributed by atoms with van der Waals surface area (Å²) in [7, 11) is 0. The fraction of sp³-hybridized carbons (Fsp3) is 0.458. The summed E-state index contributed by atoms with van der Waals surface area (Å²) in [5, 5.41) is 8.80. The molecule has 1 atom stereocenters. The minimum Gasteiger partial charge on any atom is -0.481 e. The average molecular weight is 382 g/mol. The summed E-state index contributed by atoms with van der Waals surface area (Å²) in [4.78, 5) is 13.0. The molecule has 150 valence electrons. The van der Waals surface area contributed by atoms with E-state index in [4.69, 9.17) is 9.84 Å². The van der Waals surface area contributed by atoms with Gasteiger partial charge in [-0.05, 0) is 48.9 Å². The lowest BCUT2D eigenvalue weighted by molar-refractivity contribution is -0.137. The summed E-state index contributed by atoms with van der Waals surface area (Å²) < 4.78 is 6.61. The van der Waals surface area contributed by atoms with Crippen LogP contribution in [0.5, 0.6) is 0 Å². The quantitative estimate of drug-likeness (QED) is 0.685. The minimum atomic E-state index is -0.710. The van der Waals surface area contributed by atoms with Gasteiger partial charge in [-0.25, -0.2) is 0 Å². The molecule has 0 spiro atoms. The molecular formula is C24H31NO3. The molecule has 1 aliphatic rings. The Morgan fingerprint density at radius 1 is 1.07 bits per heavy atom. The predicted molar refractivity (Wildman–Crippen MR) is 112 cm³/mol. The van der Waals surface area contributed by atoms with Crippen LogP contribution < -0.4 is 0 Å². The normalized spacial score (nSPS) is 16.8. The largest absolute Gasteiger partial charge is 0.481 e. The van der Waals surface area contributed by atoms with Crippen LogP contribution in [0, 0.1) is 0 Å². The Kier molecular flexibility index (Phi) is 7.63. The van der Waals surface area contributed by atoms with Gasteiger partial charge in [-0.1, -0.05) is 61.5 Å². The molecule has 2 aromatic rings. The number of aryl methyl sites for hydroxylation is 1. The first-order valence-corrected chi connectivity index (χ1v) is 10.4. The molecule has 2 aromatic carbocycles. The van der Waals surface area contributed by atoms with Gasteiger partial charge in [0.05, 0.1) is 6.10 Å². The van der Waals surface area contributed by atoms with Gasteiger partial charge in [-0.2, -0.15) is 0 Å². The van der Waals surface area contributed by atoms with Crippen molar-refractivity contribution in [1.82, 2.24) is 4.90 Å². The molecule has 0 bridgehead atoms. The predicted octanol–water partition coefficient (Wildman–Crippen LogP) is 4.68. The fourth-order valence-electron chi connectivity index (χ4n) is 3.82. The lowest BCUT2D eigenvalue weighted by Gasteiger charge is -2.34. The Morgan fingerprint density at radius 2 is 1.71 bits per heavy atom. The molecule has 0 aliphatic carbocycles. The van der Waals surface area contributed by atoms with E-state index in [1.54, 1.807) is 0 Å². The van der Waals surface area contributed by atoms with Gasteiger partial charge in [0.15, 0.2) is 0 Å². The molecule has 1 unspecified atom stereocenters. The van der Waals surface area contributed by atoms with Crippen LogP contribution in [0.3, 0.4) is 0 Å². The minimum absolute atomic E-state index is 0.0457. The van der Waals surface area contributed by atoms with E-state index < -0.39 is 5.97 Å². The monoisotopic (exact) mass is 381 g/mol. The van der Waals surface area contributed by atoms with Crippen molar-refractivity contribution >= 4 is 5.97 Å². The van der Waals surface area contributed by atoms with E-state index in [9.17, 15) is 4.79 Å². The Hall–Kier alpha value is -2.17. The maximum atomic E-state index is 10.7. The second kappa shape index (κ2) is 10.4. The third-order valence-electron chi connectivity index (χ3n) is 5.52. The van der Waals surface area contributed by atoms with Crippen LogP contribution in [0.25, 0.3) is 0 Å². The third kappa shape index (κ3) is 5.91. The number of hydrogen-bond acceptors (Lipinski definition) is 3. The maximum absolute atomic E-state index is 10.7. The zero-order chi connectivity index (χ0) is 19.8. The summed E-state index contributed by atoms with van der Waals surface area (Å²) in [6.07, 6.45) is 4.17. The Bertz CT molecular complexity index is 721. The molecule has 1 heterocycles. The Labute approximate surface area is 168 Å². The maximum Gasteiger partial charge on any atom is 0.303 e. The second-order valence-electron chi connectivity index (χ2n) is 7.56. The van der Waals surface area contributed by atoms with Crippen molar-refractivity contribution in [3.8, 4) is 0 Å². The number of piperidine rings is 1. The van der Waals surface area contributed by atoms with Gasteiger partial charge >= 0.3 is 5.97 Å². The van der Waals surface area contributed by atoms with Crippen LogP contribution >= 0.6 is 0 Å². The first kappa shape index (κ1) is 20.6.